The van der Waals surface area contributed by atoms with Crippen LogP contribution in [-0.4, -0.2) is 28.7 Å². The van der Waals surface area contributed by atoms with E-state index in [4.69, 9.17) is 4.52 Å². The van der Waals surface area contributed by atoms with E-state index in [0.29, 0.717) is 23.3 Å². The summed E-state index contributed by atoms with van der Waals surface area (Å²) in [5, 5.41) is 17.3. The Morgan fingerprint density at radius 1 is 1.12 bits per heavy atom. The van der Waals surface area contributed by atoms with Crippen LogP contribution in [0.1, 0.15) is 24.6 Å². The first kappa shape index (κ1) is 17.7. The third-order valence-corrected chi connectivity index (χ3v) is 4.71. The number of carboxylic acid groups (broad SMARTS) is 1. The summed E-state index contributed by atoms with van der Waals surface area (Å²) in [6.45, 7) is 1.82. The molecule has 0 saturated heterocycles. The maximum Gasteiger partial charge on any atom is 0.315 e. The first-order valence-electron chi connectivity index (χ1n) is 8.46. The van der Waals surface area contributed by atoms with Crippen LogP contribution in [0.3, 0.4) is 0 Å². The van der Waals surface area contributed by atoms with Gasteiger partial charge in [0.1, 0.15) is 11.1 Å². The van der Waals surface area contributed by atoms with E-state index in [9.17, 15) is 14.7 Å². The average Bonchev–Trinajstić information content (AvgIpc) is 3.06. The van der Waals surface area contributed by atoms with Crippen molar-refractivity contribution in [3.63, 3.8) is 0 Å². The van der Waals surface area contributed by atoms with Gasteiger partial charge in [-0.15, -0.1) is 0 Å². The molecule has 2 N–H and O–H groups in total. The second kappa shape index (κ2) is 7.39. The molecule has 1 aromatic heterocycles. The van der Waals surface area contributed by atoms with E-state index >= 15 is 0 Å². The van der Waals surface area contributed by atoms with Gasteiger partial charge in [-0.1, -0.05) is 54.5 Å². The van der Waals surface area contributed by atoms with Crippen LogP contribution in [-0.2, 0) is 21.4 Å². The number of nitrogens with zero attached hydrogens (tertiary/aromatic N) is 1. The van der Waals surface area contributed by atoms with Crippen molar-refractivity contribution in [3.05, 3.63) is 65.9 Å². The summed E-state index contributed by atoms with van der Waals surface area (Å²) in [6.07, 6.45) is 0.394. The highest BCUT2D eigenvalue weighted by Crippen LogP contribution is 2.28. The Morgan fingerprint density at radius 3 is 2.50 bits per heavy atom. The van der Waals surface area contributed by atoms with Gasteiger partial charge in [0.25, 0.3) is 0 Å². The summed E-state index contributed by atoms with van der Waals surface area (Å²) in [5.41, 5.74) is 0.661. The quantitative estimate of drug-likeness (QED) is 0.682. The number of aliphatic carboxylic acids is 1. The fourth-order valence-electron chi connectivity index (χ4n) is 3.07. The standard InChI is InChI=1S/C20H20N2O4/c1-2-20(19(24)25,14-8-4-3-5-9-14)13-21-18(23)12-16-15-10-6-7-11-17(15)26-22-16/h3-11H,2,12-13H2,1H3,(H,21,23)(H,24,25). The molecule has 0 spiro atoms. The number of hydrogen-bond donors (Lipinski definition) is 2. The van der Waals surface area contributed by atoms with Crippen LogP contribution in [0.4, 0.5) is 0 Å². The van der Waals surface area contributed by atoms with Gasteiger partial charge in [0.15, 0.2) is 5.58 Å². The van der Waals surface area contributed by atoms with Crippen molar-refractivity contribution in [2.24, 2.45) is 0 Å². The molecule has 134 valence electrons. The van der Waals surface area contributed by atoms with Crippen LogP contribution >= 0.6 is 0 Å². The van der Waals surface area contributed by atoms with E-state index in [2.05, 4.69) is 10.5 Å². The predicted octanol–water partition coefficient (Wildman–Crippen LogP) is 2.92. The summed E-state index contributed by atoms with van der Waals surface area (Å²) < 4.78 is 5.20. The van der Waals surface area contributed by atoms with Crippen LogP contribution in [0.25, 0.3) is 11.0 Å². The molecule has 3 rings (SSSR count). The molecule has 6 heteroatoms. The zero-order chi connectivity index (χ0) is 18.6. The number of hydrogen-bond acceptors (Lipinski definition) is 4. The van der Waals surface area contributed by atoms with Gasteiger partial charge in [-0.05, 0) is 24.1 Å². The van der Waals surface area contributed by atoms with E-state index in [1.165, 1.54) is 0 Å². The van der Waals surface area contributed by atoms with Crippen molar-refractivity contribution in [1.82, 2.24) is 10.5 Å². The Kier molecular flexibility index (Phi) is 5.02. The van der Waals surface area contributed by atoms with Gasteiger partial charge in [0.2, 0.25) is 5.91 Å². The maximum absolute atomic E-state index is 12.4. The highest BCUT2D eigenvalue weighted by atomic mass is 16.5. The molecule has 3 aromatic rings. The number of nitrogens with one attached hydrogen (secondary N) is 1. The molecule has 0 fully saturated rings. The second-order valence-electron chi connectivity index (χ2n) is 6.19. The van der Waals surface area contributed by atoms with E-state index in [1.54, 1.807) is 37.3 Å². The van der Waals surface area contributed by atoms with E-state index in [0.717, 1.165) is 5.39 Å². The van der Waals surface area contributed by atoms with Crippen molar-refractivity contribution < 1.29 is 19.2 Å². The lowest BCUT2D eigenvalue weighted by molar-refractivity contribution is -0.144. The number of benzene rings is 2. The molecule has 1 amide bonds. The zero-order valence-corrected chi connectivity index (χ0v) is 14.4. The minimum absolute atomic E-state index is 0.0114. The largest absolute Gasteiger partial charge is 0.481 e. The molecule has 2 aromatic carbocycles. The summed E-state index contributed by atoms with van der Waals surface area (Å²) in [7, 11) is 0. The van der Waals surface area contributed by atoms with Gasteiger partial charge in [0, 0.05) is 11.9 Å². The monoisotopic (exact) mass is 352 g/mol. The molecule has 1 unspecified atom stereocenters. The van der Waals surface area contributed by atoms with Crippen molar-refractivity contribution in [1.29, 1.82) is 0 Å². The fraction of sp³-hybridized carbons (Fsp3) is 0.250. The SMILES string of the molecule is CCC(CNC(=O)Cc1noc2ccccc12)(C(=O)O)c1ccccc1. The van der Waals surface area contributed by atoms with Crippen molar-refractivity contribution in [2.45, 2.75) is 25.2 Å². The van der Waals surface area contributed by atoms with Gasteiger partial charge in [0.05, 0.1) is 6.42 Å². The number of fused-ring (bicyclic) bond motifs is 1. The summed E-state index contributed by atoms with van der Waals surface area (Å²) >= 11 is 0. The normalized spacial score (nSPS) is 13.3. The lowest BCUT2D eigenvalue weighted by atomic mass is 9.78. The average molecular weight is 352 g/mol. The maximum atomic E-state index is 12.4. The van der Waals surface area contributed by atoms with E-state index in [-0.39, 0.29) is 18.9 Å². The Labute approximate surface area is 150 Å². The topological polar surface area (TPSA) is 92.4 Å². The van der Waals surface area contributed by atoms with E-state index < -0.39 is 11.4 Å². The first-order chi connectivity index (χ1) is 12.6. The molecular formula is C20H20N2O4. The Hall–Kier alpha value is -3.15. The molecule has 6 nitrogen and oxygen atoms in total. The number of para-hydroxylation sites is 1. The lowest BCUT2D eigenvalue weighted by Gasteiger charge is -2.29. The third kappa shape index (κ3) is 3.31. The molecular weight excluding hydrogens is 332 g/mol. The van der Waals surface area contributed by atoms with Crippen LogP contribution in [0.15, 0.2) is 59.1 Å². The van der Waals surface area contributed by atoms with Crippen LogP contribution in [0.5, 0.6) is 0 Å². The number of carbonyl (C=O) groups is 2. The highest BCUT2D eigenvalue weighted by molar-refractivity contribution is 5.87. The Bertz CT molecular complexity index is 920. The van der Waals surface area contributed by atoms with Gasteiger partial charge < -0.3 is 14.9 Å². The Morgan fingerprint density at radius 2 is 1.81 bits per heavy atom. The van der Waals surface area contributed by atoms with Crippen LogP contribution in [0, 0.1) is 0 Å². The lowest BCUT2D eigenvalue weighted by Crippen LogP contribution is -2.46. The highest BCUT2D eigenvalue weighted by Gasteiger charge is 2.39. The molecule has 0 saturated carbocycles. The fourth-order valence-corrected chi connectivity index (χ4v) is 3.07. The molecule has 0 aliphatic heterocycles. The van der Waals surface area contributed by atoms with Crippen LogP contribution in [0.2, 0.25) is 0 Å². The zero-order valence-electron chi connectivity index (χ0n) is 14.4. The number of carbonyl (C=O) groups excluding carboxylic acids is 1. The predicted molar refractivity (Wildman–Crippen MR) is 96.8 cm³/mol. The van der Waals surface area contributed by atoms with Crippen molar-refractivity contribution in [2.75, 3.05) is 6.54 Å². The van der Waals surface area contributed by atoms with Gasteiger partial charge in [-0.3, -0.25) is 9.59 Å². The van der Waals surface area contributed by atoms with Crippen molar-refractivity contribution in [3.8, 4) is 0 Å². The Balaban J connectivity index is 1.75. The van der Waals surface area contributed by atoms with E-state index in [1.807, 2.05) is 24.3 Å². The summed E-state index contributed by atoms with van der Waals surface area (Å²) in [5.74, 6) is -1.25. The van der Waals surface area contributed by atoms with Gasteiger partial charge >= 0.3 is 5.97 Å². The summed E-state index contributed by atoms with van der Waals surface area (Å²) in [4.78, 5) is 24.4. The van der Waals surface area contributed by atoms with Gasteiger partial charge in [-0.25, -0.2) is 0 Å². The molecule has 0 radical (unpaired) electrons. The molecule has 1 heterocycles. The smallest absolute Gasteiger partial charge is 0.315 e. The van der Waals surface area contributed by atoms with Gasteiger partial charge in [-0.2, -0.15) is 0 Å². The number of rotatable bonds is 7. The molecule has 0 aliphatic carbocycles. The number of amides is 1. The van der Waals surface area contributed by atoms with Crippen LogP contribution < -0.4 is 5.32 Å². The molecule has 1 atom stereocenters. The minimum atomic E-state index is -1.16. The molecule has 0 bridgehead atoms. The number of carboxylic acids is 1. The summed E-state index contributed by atoms with van der Waals surface area (Å²) in [6, 6.07) is 16.3. The molecule has 26 heavy (non-hydrogen) atoms. The first-order valence-corrected chi connectivity index (χ1v) is 8.46. The minimum Gasteiger partial charge on any atom is -0.481 e. The molecule has 0 aliphatic rings. The third-order valence-electron chi connectivity index (χ3n) is 4.71. The number of aromatic nitrogens is 1. The second-order valence-corrected chi connectivity index (χ2v) is 6.19. The van der Waals surface area contributed by atoms with Crippen molar-refractivity contribution >= 4 is 22.8 Å².